The van der Waals surface area contributed by atoms with Crippen molar-refractivity contribution >= 4 is 37.5 Å². The molecule has 2 N–H and O–H groups in total. The number of hydrogen-bond acceptors (Lipinski definition) is 4. The van der Waals surface area contributed by atoms with E-state index in [9.17, 15) is 17.6 Å². The van der Waals surface area contributed by atoms with Crippen LogP contribution in [0.15, 0.2) is 51.8 Å². The fourth-order valence-corrected chi connectivity index (χ4v) is 4.61. The van der Waals surface area contributed by atoms with Crippen LogP contribution in [0.5, 0.6) is 5.75 Å². The van der Waals surface area contributed by atoms with E-state index < -0.39 is 21.7 Å². The van der Waals surface area contributed by atoms with E-state index in [4.69, 9.17) is 4.74 Å². The molecule has 1 aliphatic rings. The van der Waals surface area contributed by atoms with Crippen molar-refractivity contribution in [3.63, 3.8) is 0 Å². The molecule has 2 aromatic rings. The van der Waals surface area contributed by atoms with Gasteiger partial charge in [0.25, 0.3) is 5.91 Å². The zero-order chi connectivity index (χ0) is 20.1. The summed E-state index contributed by atoms with van der Waals surface area (Å²) in [5.41, 5.74) is 0.0521. The first kappa shape index (κ1) is 20.8. The summed E-state index contributed by atoms with van der Waals surface area (Å²) in [7, 11) is -3.57. The molecule has 0 radical (unpaired) electrons. The molecular weight excluding hydrogens is 451 g/mol. The molecule has 0 aliphatic heterocycles. The molecule has 2 aromatic carbocycles. The van der Waals surface area contributed by atoms with Gasteiger partial charge in [-0.2, -0.15) is 0 Å². The van der Waals surface area contributed by atoms with Crippen molar-refractivity contribution < 1.29 is 22.3 Å². The lowest BCUT2D eigenvalue weighted by molar-refractivity contribution is -0.118. The van der Waals surface area contributed by atoms with E-state index in [0.717, 1.165) is 25.7 Å². The first-order chi connectivity index (χ1) is 13.3. The summed E-state index contributed by atoms with van der Waals surface area (Å²) in [5.74, 6) is -0.751. The average molecular weight is 471 g/mol. The van der Waals surface area contributed by atoms with Crippen molar-refractivity contribution in [1.82, 2.24) is 4.72 Å². The van der Waals surface area contributed by atoms with Crippen molar-refractivity contribution in [2.75, 3.05) is 11.9 Å². The minimum absolute atomic E-state index is 0.0105. The van der Waals surface area contributed by atoms with Gasteiger partial charge in [0.15, 0.2) is 6.61 Å². The quantitative estimate of drug-likeness (QED) is 0.643. The van der Waals surface area contributed by atoms with Gasteiger partial charge in [-0.3, -0.25) is 4.79 Å². The summed E-state index contributed by atoms with van der Waals surface area (Å²) < 4.78 is 47.1. The summed E-state index contributed by atoms with van der Waals surface area (Å²) in [6.07, 6.45) is 3.78. The Bertz CT molecular complexity index is 945. The number of halogens is 2. The zero-order valence-corrected chi connectivity index (χ0v) is 17.4. The number of carbonyl (C=O) groups is 1. The number of benzene rings is 2. The second kappa shape index (κ2) is 9.02. The molecule has 1 fully saturated rings. The summed E-state index contributed by atoms with van der Waals surface area (Å²) in [5, 5.41) is 2.42. The van der Waals surface area contributed by atoms with Crippen LogP contribution in [0.3, 0.4) is 0 Å². The van der Waals surface area contributed by atoms with Crippen molar-refractivity contribution in [2.24, 2.45) is 0 Å². The Morgan fingerprint density at radius 2 is 1.82 bits per heavy atom. The van der Waals surface area contributed by atoms with Crippen LogP contribution in [0.1, 0.15) is 25.7 Å². The van der Waals surface area contributed by atoms with Gasteiger partial charge in [0.1, 0.15) is 11.6 Å². The molecule has 1 saturated carbocycles. The Kier molecular flexibility index (Phi) is 6.69. The molecule has 0 atom stereocenters. The fourth-order valence-electron chi connectivity index (χ4n) is 2.97. The van der Waals surface area contributed by atoms with Crippen LogP contribution in [0.25, 0.3) is 0 Å². The van der Waals surface area contributed by atoms with Gasteiger partial charge in [-0.25, -0.2) is 17.5 Å². The molecule has 6 nitrogen and oxygen atoms in total. The third-order valence-electron chi connectivity index (χ3n) is 4.39. The van der Waals surface area contributed by atoms with E-state index in [1.54, 1.807) is 6.07 Å². The molecule has 28 heavy (non-hydrogen) atoms. The maximum absolute atomic E-state index is 13.7. The van der Waals surface area contributed by atoms with E-state index >= 15 is 0 Å². The number of anilines is 1. The van der Waals surface area contributed by atoms with Gasteiger partial charge in [0, 0.05) is 10.5 Å². The number of ether oxygens (including phenoxy) is 1. The number of amides is 1. The van der Waals surface area contributed by atoms with Gasteiger partial charge in [0.2, 0.25) is 10.0 Å². The highest BCUT2D eigenvalue weighted by Gasteiger charge is 2.22. The summed E-state index contributed by atoms with van der Waals surface area (Å²) in [6, 6.07) is 10.1. The molecule has 1 amide bonds. The lowest BCUT2D eigenvalue weighted by atomic mass is 10.3. The maximum Gasteiger partial charge on any atom is 0.262 e. The Balaban J connectivity index is 1.54. The van der Waals surface area contributed by atoms with E-state index in [2.05, 4.69) is 26.0 Å². The topological polar surface area (TPSA) is 84.5 Å². The minimum Gasteiger partial charge on any atom is -0.484 e. The number of carbonyl (C=O) groups excluding carboxylic acids is 1. The van der Waals surface area contributed by atoms with Crippen LogP contribution in [-0.2, 0) is 14.8 Å². The van der Waals surface area contributed by atoms with Gasteiger partial charge in [-0.15, -0.1) is 0 Å². The van der Waals surface area contributed by atoms with Gasteiger partial charge in [0.05, 0.1) is 10.6 Å². The second-order valence-corrected chi connectivity index (χ2v) is 9.16. The van der Waals surface area contributed by atoms with Crippen LogP contribution < -0.4 is 14.8 Å². The van der Waals surface area contributed by atoms with Crippen molar-refractivity contribution in [1.29, 1.82) is 0 Å². The molecule has 0 bridgehead atoms. The van der Waals surface area contributed by atoms with E-state index in [0.29, 0.717) is 10.2 Å². The van der Waals surface area contributed by atoms with E-state index in [-0.39, 0.29) is 23.2 Å². The molecule has 0 spiro atoms. The van der Waals surface area contributed by atoms with Crippen molar-refractivity contribution in [3.05, 3.63) is 52.8 Å². The highest BCUT2D eigenvalue weighted by atomic mass is 79.9. The normalized spacial score (nSPS) is 14.8. The number of rotatable bonds is 7. The maximum atomic E-state index is 13.7. The minimum atomic E-state index is -3.57. The molecule has 0 saturated heterocycles. The zero-order valence-electron chi connectivity index (χ0n) is 15.0. The Labute approximate surface area is 171 Å². The third kappa shape index (κ3) is 5.52. The molecule has 0 aromatic heterocycles. The highest BCUT2D eigenvalue weighted by molar-refractivity contribution is 9.10. The number of nitrogens with one attached hydrogen (secondary N) is 2. The predicted molar refractivity (Wildman–Crippen MR) is 107 cm³/mol. The molecule has 9 heteroatoms. The Hall–Kier alpha value is -1.97. The molecule has 150 valence electrons. The summed E-state index contributed by atoms with van der Waals surface area (Å²) >= 11 is 3.14. The Morgan fingerprint density at radius 3 is 2.46 bits per heavy atom. The van der Waals surface area contributed by atoms with Gasteiger partial charge in [-0.05, 0) is 55.3 Å². The fraction of sp³-hybridized carbons (Fsp3) is 0.316. The van der Waals surface area contributed by atoms with Crippen molar-refractivity contribution in [2.45, 2.75) is 36.6 Å². The molecule has 1 aliphatic carbocycles. The van der Waals surface area contributed by atoms with E-state index in [1.165, 1.54) is 36.4 Å². The number of sulfonamides is 1. The van der Waals surface area contributed by atoms with Gasteiger partial charge >= 0.3 is 0 Å². The van der Waals surface area contributed by atoms with Crippen LogP contribution in [0, 0.1) is 5.82 Å². The highest BCUT2D eigenvalue weighted by Crippen LogP contribution is 2.22. The average Bonchev–Trinajstić information content (AvgIpc) is 3.15. The van der Waals surface area contributed by atoms with Crippen molar-refractivity contribution in [3.8, 4) is 5.75 Å². The SMILES string of the molecule is O=C(COc1ccc(S(=O)(=O)NC2CCCC2)cc1)Nc1ccc(Br)cc1F. The molecule has 0 heterocycles. The standard InChI is InChI=1S/C19H20BrFN2O4S/c20-13-5-10-18(17(21)11-13)22-19(24)12-27-15-6-8-16(9-7-15)28(25,26)23-14-3-1-2-4-14/h5-11,14,23H,1-4,12H2,(H,22,24). The van der Waals surface area contributed by atoms with Crippen LogP contribution >= 0.6 is 15.9 Å². The van der Waals surface area contributed by atoms with Gasteiger partial charge in [-0.1, -0.05) is 28.8 Å². The summed E-state index contributed by atoms with van der Waals surface area (Å²) in [6.45, 7) is -0.331. The van der Waals surface area contributed by atoms with Crippen LogP contribution in [0.4, 0.5) is 10.1 Å². The smallest absolute Gasteiger partial charge is 0.262 e. The third-order valence-corrected chi connectivity index (χ3v) is 6.42. The van der Waals surface area contributed by atoms with Crippen LogP contribution in [0.2, 0.25) is 0 Å². The molecular formula is C19H20BrFN2O4S. The summed E-state index contributed by atoms with van der Waals surface area (Å²) in [4.78, 5) is 12.1. The molecule has 3 rings (SSSR count). The first-order valence-corrected chi connectivity index (χ1v) is 11.1. The largest absolute Gasteiger partial charge is 0.484 e. The second-order valence-electron chi connectivity index (χ2n) is 6.54. The lowest BCUT2D eigenvalue weighted by Gasteiger charge is -2.13. The van der Waals surface area contributed by atoms with Gasteiger partial charge < -0.3 is 10.1 Å². The Morgan fingerprint density at radius 1 is 1.14 bits per heavy atom. The van der Waals surface area contributed by atoms with Crippen LogP contribution in [-0.4, -0.2) is 27.0 Å². The molecule has 0 unspecified atom stereocenters. The number of hydrogen-bond donors (Lipinski definition) is 2. The lowest BCUT2D eigenvalue weighted by Crippen LogP contribution is -2.32. The monoisotopic (exact) mass is 470 g/mol. The predicted octanol–water partition coefficient (Wildman–Crippen LogP) is 3.83. The first-order valence-electron chi connectivity index (χ1n) is 8.83. The van der Waals surface area contributed by atoms with E-state index in [1.807, 2.05) is 0 Å².